The van der Waals surface area contributed by atoms with E-state index >= 15 is 0 Å². The van der Waals surface area contributed by atoms with E-state index in [4.69, 9.17) is 4.74 Å². The van der Waals surface area contributed by atoms with Crippen LogP contribution in [0.1, 0.15) is 56.2 Å². The third-order valence-corrected chi connectivity index (χ3v) is 10.1. The molecule has 2 aromatic rings. The molecule has 2 bridgehead atoms. The number of likely N-dealkylation sites (tertiary alicyclic amines) is 1. The van der Waals surface area contributed by atoms with Gasteiger partial charge in [-0.2, -0.15) is 5.10 Å². The van der Waals surface area contributed by atoms with Crippen LogP contribution in [0, 0.1) is 5.92 Å². The third-order valence-electron chi connectivity index (χ3n) is 10.1. The Hall–Kier alpha value is -4.16. The van der Waals surface area contributed by atoms with Gasteiger partial charge < -0.3 is 35.6 Å². The number of urea groups is 1. The summed E-state index contributed by atoms with van der Waals surface area (Å²) in [6.07, 6.45) is 1.70. The molecule has 2 heterocycles. The molecule has 6 rings (SSSR count). The van der Waals surface area contributed by atoms with Gasteiger partial charge in [0.05, 0.1) is 16.7 Å². The van der Waals surface area contributed by atoms with Crippen molar-refractivity contribution in [3.63, 3.8) is 0 Å². The highest BCUT2D eigenvalue weighted by Gasteiger charge is 2.72. The quantitative estimate of drug-likeness (QED) is 0.232. The number of carboxylic acid groups (broad SMARTS) is 1. The SMILES string of the molecule is CC(C)CC(NC(=O)C(Cc1ccccc1)NC(=O)N/N=C1/CC[C@@]2(O)C3Cc4ccc(O)c5c4C2(CCN3C)[C@H]1O5)C(=O)O. The molecule has 4 unspecified atom stereocenters. The van der Waals surface area contributed by atoms with E-state index in [1.807, 2.05) is 57.3 Å². The van der Waals surface area contributed by atoms with Gasteiger partial charge in [0, 0.05) is 18.0 Å². The molecule has 2 fully saturated rings. The topological polar surface area (TPSA) is 173 Å². The Kier molecular flexibility index (Phi) is 7.98. The highest BCUT2D eigenvalue weighted by molar-refractivity contribution is 5.96. The summed E-state index contributed by atoms with van der Waals surface area (Å²) in [6.45, 7) is 4.47. The Morgan fingerprint density at radius 3 is 2.56 bits per heavy atom. The molecular weight excluding hydrogens is 578 g/mol. The monoisotopic (exact) mass is 619 g/mol. The van der Waals surface area contributed by atoms with Gasteiger partial charge in [-0.15, -0.1) is 0 Å². The number of likely N-dealkylation sites (N-methyl/N-ethyl adjacent to an activating group) is 1. The minimum absolute atomic E-state index is 0.00852. The molecule has 1 saturated carbocycles. The van der Waals surface area contributed by atoms with Crippen molar-refractivity contribution in [3.05, 3.63) is 59.2 Å². The molecular formula is C33H41N5O7. The van der Waals surface area contributed by atoms with Gasteiger partial charge in [-0.1, -0.05) is 50.2 Å². The van der Waals surface area contributed by atoms with Crippen LogP contribution in [0.3, 0.4) is 0 Å². The minimum Gasteiger partial charge on any atom is -0.504 e. The second-order valence-corrected chi connectivity index (χ2v) is 13.3. The molecule has 3 amide bonds. The van der Waals surface area contributed by atoms with Gasteiger partial charge in [-0.3, -0.25) is 4.79 Å². The van der Waals surface area contributed by atoms with Crippen LogP contribution in [0.15, 0.2) is 47.6 Å². The molecule has 0 radical (unpaired) electrons. The number of rotatable bonds is 9. The molecule has 4 aliphatic rings. The fraction of sp³-hybridized carbons (Fsp3) is 0.515. The Balaban J connectivity index is 1.24. The number of ether oxygens (including phenoxy) is 1. The number of aliphatic hydroxyl groups is 1. The summed E-state index contributed by atoms with van der Waals surface area (Å²) in [4.78, 5) is 40.6. The van der Waals surface area contributed by atoms with Crippen LogP contribution >= 0.6 is 0 Å². The van der Waals surface area contributed by atoms with Gasteiger partial charge in [0.2, 0.25) is 5.91 Å². The first-order valence-corrected chi connectivity index (χ1v) is 15.6. The number of amides is 3. The smallest absolute Gasteiger partial charge is 0.335 e. The largest absolute Gasteiger partial charge is 0.504 e. The van der Waals surface area contributed by atoms with E-state index in [9.17, 15) is 29.7 Å². The zero-order valence-corrected chi connectivity index (χ0v) is 25.7. The van der Waals surface area contributed by atoms with E-state index in [0.29, 0.717) is 37.1 Å². The van der Waals surface area contributed by atoms with Crippen molar-refractivity contribution in [2.24, 2.45) is 11.0 Å². The Bertz CT molecular complexity index is 1530. The number of nitrogens with one attached hydrogen (secondary N) is 3. The van der Waals surface area contributed by atoms with Crippen LogP contribution in [0.25, 0.3) is 0 Å². The summed E-state index contributed by atoms with van der Waals surface area (Å²) < 4.78 is 6.40. The Labute approximate surface area is 261 Å². The molecule has 0 aromatic heterocycles. The van der Waals surface area contributed by atoms with Crippen LogP contribution in [-0.4, -0.2) is 87.3 Å². The third kappa shape index (κ3) is 5.19. The zero-order valence-electron chi connectivity index (χ0n) is 25.7. The summed E-state index contributed by atoms with van der Waals surface area (Å²) in [5.41, 5.74) is 3.80. The van der Waals surface area contributed by atoms with Crippen molar-refractivity contribution in [2.75, 3.05) is 13.6 Å². The molecule has 12 heteroatoms. The van der Waals surface area contributed by atoms with Gasteiger partial charge in [-0.25, -0.2) is 15.0 Å². The number of carboxylic acids is 1. The normalized spacial score (nSPS) is 28.5. The van der Waals surface area contributed by atoms with E-state index in [1.54, 1.807) is 6.07 Å². The number of piperidine rings is 1. The lowest BCUT2D eigenvalue weighted by atomic mass is 9.49. The van der Waals surface area contributed by atoms with E-state index < -0.39 is 47.1 Å². The number of phenolic OH excluding ortho intramolecular Hbond substituents is 1. The van der Waals surface area contributed by atoms with Gasteiger partial charge in [0.25, 0.3) is 0 Å². The molecule has 1 spiro atoms. The molecule has 45 heavy (non-hydrogen) atoms. The molecule has 6 atom stereocenters. The van der Waals surface area contributed by atoms with E-state index in [1.165, 1.54) is 0 Å². The lowest BCUT2D eigenvalue weighted by Crippen LogP contribution is -2.76. The minimum atomic E-state index is -1.14. The fourth-order valence-corrected chi connectivity index (χ4v) is 8.00. The van der Waals surface area contributed by atoms with Gasteiger partial charge in [-0.05, 0) is 68.8 Å². The molecule has 2 aliphatic carbocycles. The van der Waals surface area contributed by atoms with E-state index in [0.717, 1.165) is 23.2 Å². The van der Waals surface area contributed by atoms with Crippen LogP contribution in [0.2, 0.25) is 0 Å². The van der Waals surface area contributed by atoms with E-state index in [2.05, 4.69) is 26.1 Å². The van der Waals surface area contributed by atoms with Gasteiger partial charge >= 0.3 is 12.0 Å². The number of phenols is 1. The summed E-state index contributed by atoms with van der Waals surface area (Å²) in [5.74, 6) is -1.35. The lowest BCUT2D eigenvalue weighted by molar-refractivity contribution is -0.160. The number of hydrogen-bond acceptors (Lipinski definition) is 8. The summed E-state index contributed by atoms with van der Waals surface area (Å²) in [5, 5.41) is 42.4. The van der Waals surface area contributed by atoms with Gasteiger partial charge in [0.1, 0.15) is 12.1 Å². The van der Waals surface area contributed by atoms with Crippen molar-refractivity contribution in [2.45, 2.75) is 87.6 Å². The second-order valence-electron chi connectivity index (χ2n) is 13.3. The number of nitrogens with zero attached hydrogens (tertiary/aromatic N) is 2. The van der Waals surface area contributed by atoms with Crippen molar-refractivity contribution in [1.82, 2.24) is 21.0 Å². The summed E-state index contributed by atoms with van der Waals surface area (Å²) in [6, 6.07) is 9.61. The lowest BCUT2D eigenvalue weighted by Gasteiger charge is -2.62. The van der Waals surface area contributed by atoms with Gasteiger partial charge in [0.15, 0.2) is 17.6 Å². The predicted molar refractivity (Wildman–Crippen MR) is 165 cm³/mol. The highest BCUT2D eigenvalue weighted by atomic mass is 16.5. The first-order chi connectivity index (χ1) is 21.4. The number of aliphatic carboxylic acids is 1. The van der Waals surface area contributed by atoms with Crippen molar-refractivity contribution in [1.29, 1.82) is 0 Å². The summed E-state index contributed by atoms with van der Waals surface area (Å²) >= 11 is 0. The number of hydrazone groups is 1. The summed E-state index contributed by atoms with van der Waals surface area (Å²) in [7, 11) is 2.02. The number of carbonyl (C=O) groups is 3. The molecule has 240 valence electrons. The van der Waals surface area contributed by atoms with Crippen LogP contribution < -0.4 is 20.8 Å². The van der Waals surface area contributed by atoms with Crippen molar-refractivity contribution in [3.8, 4) is 11.5 Å². The predicted octanol–water partition coefficient (Wildman–Crippen LogP) is 2.06. The maximum absolute atomic E-state index is 13.3. The van der Waals surface area contributed by atoms with Crippen LogP contribution in [-0.2, 0) is 27.8 Å². The maximum Gasteiger partial charge on any atom is 0.335 e. The molecule has 2 aliphatic heterocycles. The number of benzene rings is 2. The van der Waals surface area contributed by atoms with Crippen LogP contribution in [0.4, 0.5) is 4.79 Å². The van der Waals surface area contributed by atoms with Crippen molar-refractivity contribution >= 4 is 23.6 Å². The number of aromatic hydroxyl groups is 1. The zero-order chi connectivity index (χ0) is 32.1. The Morgan fingerprint density at radius 2 is 1.84 bits per heavy atom. The highest BCUT2D eigenvalue weighted by Crippen LogP contribution is 2.64. The molecule has 1 saturated heterocycles. The van der Waals surface area contributed by atoms with Crippen molar-refractivity contribution < 1.29 is 34.4 Å². The molecule has 6 N–H and O–H groups in total. The fourth-order valence-electron chi connectivity index (χ4n) is 8.00. The molecule has 2 aromatic carbocycles. The average Bonchev–Trinajstić information content (AvgIpc) is 3.35. The average molecular weight is 620 g/mol. The number of hydrogen-bond donors (Lipinski definition) is 6. The first-order valence-electron chi connectivity index (χ1n) is 15.6. The Morgan fingerprint density at radius 1 is 1.09 bits per heavy atom. The first kappa shape index (κ1) is 30.8. The van der Waals surface area contributed by atoms with E-state index in [-0.39, 0.29) is 30.6 Å². The second kappa shape index (κ2) is 11.6. The van der Waals surface area contributed by atoms with Crippen LogP contribution in [0.5, 0.6) is 11.5 Å². The standard InChI is InChI=1S/C33H41N5O7/c1-18(2)15-23(30(41)42)34-29(40)22(16-19-7-5-4-6-8-19)35-31(43)37-36-21-11-12-33(44)25-17-20-9-10-24(39)27-26(20)32(33,28(21)45-27)13-14-38(25)3/h4-10,18,22-23,25,28,39,44H,11-17H2,1-3H3,(H,34,40)(H,41,42)(H2,35,37,43)/b36-21-/t22?,23?,25?,28-,32?,33+/m0/s1. The number of carbonyl (C=O) groups excluding carboxylic acids is 2. The maximum atomic E-state index is 13.3. The molecule has 12 nitrogen and oxygen atoms in total.